The molecule has 31 heavy (non-hydrogen) atoms. The summed E-state index contributed by atoms with van der Waals surface area (Å²) in [4.78, 5) is 14.8. The number of carbonyl (C=O) groups is 1. The van der Waals surface area contributed by atoms with Crippen LogP contribution in [0.5, 0.6) is 0 Å². The van der Waals surface area contributed by atoms with Crippen LogP contribution in [0, 0.1) is 6.92 Å². The van der Waals surface area contributed by atoms with Crippen molar-refractivity contribution in [1.82, 2.24) is 4.98 Å². The SMILES string of the molecule is Cc1ccc(S(=O)(=O)c2c(NCC(=O)Nc3cccnc3)cccc2C(F)(F)F)cc1. The molecule has 0 aliphatic rings. The summed E-state index contributed by atoms with van der Waals surface area (Å²) in [5.74, 6) is -0.580. The van der Waals surface area contributed by atoms with Gasteiger partial charge in [-0.05, 0) is 43.3 Å². The summed E-state index contributed by atoms with van der Waals surface area (Å²) in [6.45, 7) is 1.28. The zero-order valence-corrected chi connectivity index (χ0v) is 17.1. The number of nitrogens with zero attached hydrogens (tertiary/aromatic N) is 1. The minimum Gasteiger partial charge on any atom is -0.375 e. The molecule has 162 valence electrons. The highest BCUT2D eigenvalue weighted by molar-refractivity contribution is 7.91. The van der Waals surface area contributed by atoms with Crippen LogP contribution in [-0.2, 0) is 20.8 Å². The lowest BCUT2D eigenvalue weighted by Gasteiger charge is -2.18. The van der Waals surface area contributed by atoms with E-state index in [-0.39, 0.29) is 10.6 Å². The van der Waals surface area contributed by atoms with Gasteiger partial charge in [0.15, 0.2) is 0 Å². The molecule has 0 aliphatic heterocycles. The van der Waals surface area contributed by atoms with Crippen LogP contribution in [-0.4, -0.2) is 25.9 Å². The molecule has 10 heteroatoms. The molecule has 0 bridgehead atoms. The number of anilines is 2. The molecule has 0 saturated carbocycles. The van der Waals surface area contributed by atoms with Gasteiger partial charge in [0.25, 0.3) is 0 Å². The third-order valence-corrected chi connectivity index (χ3v) is 6.18. The quantitative estimate of drug-likeness (QED) is 0.586. The van der Waals surface area contributed by atoms with Crippen LogP contribution in [0.15, 0.2) is 76.8 Å². The Hall–Kier alpha value is -3.40. The third kappa shape index (κ3) is 5.21. The molecule has 3 rings (SSSR count). The normalized spacial score (nSPS) is 11.7. The van der Waals surface area contributed by atoms with E-state index in [4.69, 9.17) is 0 Å². The van der Waals surface area contributed by atoms with Gasteiger partial charge in [-0.1, -0.05) is 23.8 Å². The molecule has 1 heterocycles. The highest BCUT2D eigenvalue weighted by Gasteiger charge is 2.39. The van der Waals surface area contributed by atoms with Crippen molar-refractivity contribution < 1.29 is 26.4 Å². The molecule has 0 radical (unpaired) electrons. The number of halogens is 3. The monoisotopic (exact) mass is 449 g/mol. The van der Waals surface area contributed by atoms with Crippen molar-refractivity contribution in [3.8, 4) is 0 Å². The molecule has 6 nitrogen and oxygen atoms in total. The number of carbonyl (C=O) groups excluding carboxylic acids is 1. The standard InChI is InChI=1S/C21H18F3N3O3S/c1-14-7-9-16(10-8-14)31(29,30)20-17(21(22,23)24)5-2-6-18(20)26-13-19(28)27-15-4-3-11-25-12-15/h2-12,26H,13H2,1H3,(H,27,28). The molecule has 1 amide bonds. The van der Waals surface area contributed by atoms with Gasteiger partial charge in [0, 0.05) is 6.20 Å². The Labute approximate surface area is 177 Å². The third-order valence-electron chi connectivity index (χ3n) is 4.31. The second-order valence-electron chi connectivity index (χ2n) is 6.64. The molecule has 2 aromatic carbocycles. The van der Waals surface area contributed by atoms with Crippen molar-refractivity contribution in [2.24, 2.45) is 0 Å². The van der Waals surface area contributed by atoms with Gasteiger partial charge in [0.05, 0.1) is 34.6 Å². The first-order valence-corrected chi connectivity index (χ1v) is 10.5. The Morgan fingerprint density at radius 2 is 1.74 bits per heavy atom. The van der Waals surface area contributed by atoms with Crippen LogP contribution in [0.25, 0.3) is 0 Å². The Bertz CT molecular complexity index is 1180. The minimum atomic E-state index is -4.91. The summed E-state index contributed by atoms with van der Waals surface area (Å²) in [5, 5.41) is 5.04. The van der Waals surface area contributed by atoms with E-state index >= 15 is 0 Å². The van der Waals surface area contributed by atoms with Crippen LogP contribution in [0.4, 0.5) is 24.5 Å². The zero-order valence-electron chi connectivity index (χ0n) is 16.3. The lowest BCUT2D eigenvalue weighted by molar-refractivity contribution is -0.139. The molecule has 0 atom stereocenters. The molecule has 1 aromatic heterocycles. The van der Waals surface area contributed by atoms with Gasteiger partial charge in [-0.3, -0.25) is 9.78 Å². The van der Waals surface area contributed by atoms with Crippen LogP contribution >= 0.6 is 0 Å². The maximum atomic E-state index is 13.6. The number of amides is 1. The van der Waals surface area contributed by atoms with E-state index in [1.165, 1.54) is 42.7 Å². The first-order chi connectivity index (χ1) is 14.6. The van der Waals surface area contributed by atoms with E-state index in [1.54, 1.807) is 19.1 Å². The van der Waals surface area contributed by atoms with Gasteiger partial charge in [-0.15, -0.1) is 0 Å². The molecule has 0 saturated heterocycles. The Balaban J connectivity index is 1.97. The van der Waals surface area contributed by atoms with Crippen LogP contribution in [0.1, 0.15) is 11.1 Å². The number of benzene rings is 2. The van der Waals surface area contributed by atoms with E-state index in [9.17, 15) is 26.4 Å². The van der Waals surface area contributed by atoms with Gasteiger partial charge in [0.1, 0.15) is 4.90 Å². The number of hydrogen-bond donors (Lipinski definition) is 2. The van der Waals surface area contributed by atoms with Gasteiger partial charge >= 0.3 is 6.18 Å². The molecule has 0 aliphatic carbocycles. The number of hydrogen-bond acceptors (Lipinski definition) is 5. The lowest BCUT2D eigenvalue weighted by Crippen LogP contribution is -2.23. The largest absolute Gasteiger partial charge is 0.417 e. The van der Waals surface area contributed by atoms with Crippen LogP contribution in [0.2, 0.25) is 0 Å². The van der Waals surface area contributed by atoms with Crippen molar-refractivity contribution >= 4 is 27.1 Å². The smallest absolute Gasteiger partial charge is 0.375 e. The summed E-state index contributed by atoms with van der Waals surface area (Å²) in [6.07, 6.45) is -2.00. The fraction of sp³-hybridized carbons (Fsp3) is 0.143. The van der Waals surface area contributed by atoms with Crippen molar-refractivity contribution in [1.29, 1.82) is 0 Å². The molecular weight excluding hydrogens is 431 g/mol. The predicted molar refractivity (Wildman–Crippen MR) is 109 cm³/mol. The van der Waals surface area contributed by atoms with Gasteiger partial charge in [0.2, 0.25) is 15.7 Å². The average Bonchev–Trinajstić information content (AvgIpc) is 2.72. The van der Waals surface area contributed by atoms with Gasteiger partial charge < -0.3 is 10.6 Å². The molecule has 0 unspecified atom stereocenters. The molecular formula is C21H18F3N3O3S. The highest BCUT2D eigenvalue weighted by Crippen LogP contribution is 2.40. The number of sulfone groups is 1. The second-order valence-corrected chi connectivity index (χ2v) is 8.53. The number of alkyl halides is 3. The molecule has 0 fully saturated rings. The van der Waals surface area contributed by atoms with Crippen LogP contribution < -0.4 is 10.6 Å². The fourth-order valence-electron chi connectivity index (χ4n) is 2.84. The van der Waals surface area contributed by atoms with Crippen molar-refractivity contribution in [2.75, 3.05) is 17.2 Å². The first kappa shape index (κ1) is 22.3. The molecule has 0 spiro atoms. The summed E-state index contributed by atoms with van der Waals surface area (Å²) < 4.78 is 67.2. The zero-order chi connectivity index (χ0) is 22.6. The van der Waals surface area contributed by atoms with Gasteiger partial charge in [-0.25, -0.2) is 8.42 Å². The topological polar surface area (TPSA) is 88.2 Å². The highest BCUT2D eigenvalue weighted by atomic mass is 32.2. The van der Waals surface area contributed by atoms with E-state index in [0.717, 1.165) is 11.6 Å². The van der Waals surface area contributed by atoms with Gasteiger partial charge in [-0.2, -0.15) is 13.2 Å². The maximum absolute atomic E-state index is 13.6. The number of rotatable bonds is 6. The number of aryl methyl sites for hydroxylation is 1. The Kier molecular flexibility index (Phi) is 6.30. The van der Waals surface area contributed by atoms with E-state index in [0.29, 0.717) is 11.8 Å². The number of pyridine rings is 1. The second kappa shape index (κ2) is 8.76. The maximum Gasteiger partial charge on any atom is 0.417 e. The average molecular weight is 449 g/mol. The lowest BCUT2D eigenvalue weighted by atomic mass is 10.2. The van der Waals surface area contributed by atoms with E-state index in [2.05, 4.69) is 15.6 Å². The van der Waals surface area contributed by atoms with Crippen LogP contribution in [0.3, 0.4) is 0 Å². The Morgan fingerprint density at radius 1 is 1.03 bits per heavy atom. The predicted octanol–water partition coefficient (Wildman–Crippen LogP) is 4.29. The summed E-state index contributed by atoms with van der Waals surface area (Å²) in [6, 6.07) is 11.6. The number of nitrogens with one attached hydrogen (secondary N) is 2. The Morgan fingerprint density at radius 3 is 2.35 bits per heavy atom. The van der Waals surface area contributed by atoms with E-state index < -0.39 is 38.9 Å². The van der Waals surface area contributed by atoms with E-state index in [1.807, 2.05) is 0 Å². The molecule has 3 aromatic rings. The summed E-state index contributed by atoms with van der Waals surface area (Å²) >= 11 is 0. The first-order valence-electron chi connectivity index (χ1n) is 9.05. The van der Waals surface area contributed by atoms with Crippen molar-refractivity contribution in [3.63, 3.8) is 0 Å². The molecule has 2 N–H and O–H groups in total. The fourth-order valence-corrected chi connectivity index (χ4v) is 4.47. The van der Waals surface area contributed by atoms with Crippen molar-refractivity contribution in [2.45, 2.75) is 22.9 Å². The summed E-state index contributed by atoms with van der Waals surface area (Å²) in [7, 11) is -4.53. The minimum absolute atomic E-state index is 0.280. The summed E-state index contributed by atoms with van der Waals surface area (Å²) in [5.41, 5.74) is -0.484. The van der Waals surface area contributed by atoms with Crippen molar-refractivity contribution in [3.05, 3.63) is 78.1 Å². The number of aromatic nitrogens is 1.